The van der Waals surface area contributed by atoms with Crippen molar-refractivity contribution in [3.63, 3.8) is 0 Å². The lowest BCUT2D eigenvalue weighted by molar-refractivity contribution is 0.102. The van der Waals surface area contributed by atoms with Crippen molar-refractivity contribution >= 4 is 11.6 Å². The summed E-state index contributed by atoms with van der Waals surface area (Å²) in [6.07, 6.45) is 0. The maximum atomic E-state index is 13.2. The Morgan fingerprint density at radius 1 is 1.08 bits per heavy atom. The van der Waals surface area contributed by atoms with E-state index in [1.165, 1.54) is 18.2 Å². The molecule has 0 saturated carbocycles. The van der Waals surface area contributed by atoms with Crippen LogP contribution in [0.4, 0.5) is 18.9 Å². The summed E-state index contributed by atoms with van der Waals surface area (Å²) in [7, 11) is 0. The van der Waals surface area contributed by atoms with Crippen LogP contribution >= 0.6 is 0 Å². The molecular weight excluding hydrogens is 323 g/mol. The van der Waals surface area contributed by atoms with Crippen molar-refractivity contribution in [2.45, 2.75) is 26.4 Å². The lowest BCUT2D eigenvalue weighted by atomic mass is 10.1. The molecule has 128 valence electrons. The third kappa shape index (κ3) is 4.18. The van der Waals surface area contributed by atoms with E-state index in [0.717, 1.165) is 0 Å². The molecule has 2 aromatic rings. The maximum Gasteiger partial charge on any atom is 0.255 e. The van der Waals surface area contributed by atoms with Gasteiger partial charge in [0, 0.05) is 23.4 Å². The average molecular weight is 339 g/mol. The van der Waals surface area contributed by atoms with Crippen LogP contribution in [0.5, 0.6) is 11.5 Å². The second-order valence-electron chi connectivity index (χ2n) is 6.10. The number of anilines is 1. The van der Waals surface area contributed by atoms with Gasteiger partial charge in [-0.2, -0.15) is 0 Å². The van der Waals surface area contributed by atoms with Gasteiger partial charge in [-0.05, 0) is 39.0 Å². The van der Waals surface area contributed by atoms with Crippen LogP contribution < -0.4 is 10.1 Å². The molecule has 0 aromatic heterocycles. The zero-order chi connectivity index (χ0) is 18.1. The lowest BCUT2D eigenvalue weighted by Gasteiger charge is -2.22. The Hall–Kier alpha value is -2.70. The van der Waals surface area contributed by atoms with Crippen molar-refractivity contribution in [1.29, 1.82) is 0 Å². The van der Waals surface area contributed by atoms with Crippen LogP contribution in [0.2, 0.25) is 0 Å². The number of benzene rings is 2. The SMILES string of the molecule is CC(C)(C)Oc1cc(C(=O)Nc2cc(F)c(F)c(F)c2)ccc1O. The van der Waals surface area contributed by atoms with Crippen LogP contribution in [-0.2, 0) is 0 Å². The number of phenols is 1. The quantitative estimate of drug-likeness (QED) is 0.823. The fourth-order valence-corrected chi connectivity index (χ4v) is 1.90. The van der Waals surface area contributed by atoms with Gasteiger partial charge < -0.3 is 15.2 Å². The van der Waals surface area contributed by atoms with Crippen LogP contribution in [-0.4, -0.2) is 16.6 Å². The highest BCUT2D eigenvalue weighted by atomic mass is 19.2. The molecule has 0 heterocycles. The summed E-state index contributed by atoms with van der Waals surface area (Å²) in [5.74, 6) is -5.19. The zero-order valence-corrected chi connectivity index (χ0v) is 13.3. The fraction of sp³-hybridized carbons (Fsp3) is 0.235. The second kappa shape index (κ2) is 6.43. The van der Waals surface area contributed by atoms with Crippen LogP contribution in [0.3, 0.4) is 0 Å². The van der Waals surface area contributed by atoms with E-state index >= 15 is 0 Å². The second-order valence-corrected chi connectivity index (χ2v) is 6.10. The van der Waals surface area contributed by atoms with Gasteiger partial charge in [0.25, 0.3) is 5.91 Å². The molecule has 24 heavy (non-hydrogen) atoms. The minimum absolute atomic E-state index is 0.0895. The number of aromatic hydroxyl groups is 1. The molecule has 1 amide bonds. The van der Waals surface area contributed by atoms with E-state index in [2.05, 4.69) is 5.32 Å². The fourth-order valence-electron chi connectivity index (χ4n) is 1.90. The molecule has 0 radical (unpaired) electrons. The molecule has 0 aliphatic heterocycles. The molecule has 0 saturated heterocycles. The molecular formula is C17H16F3NO3. The van der Waals surface area contributed by atoms with Gasteiger partial charge in [-0.25, -0.2) is 13.2 Å². The Labute approximate surface area is 136 Å². The number of hydrogen-bond acceptors (Lipinski definition) is 3. The van der Waals surface area contributed by atoms with Crippen molar-refractivity contribution in [3.05, 3.63) is 53.3 Å². The summed E-state index contributed by atoms with van der Waals surface area (Å²) in [5, 5.41) is 12.0. The van der Waals surface area contributed by atoms with Gasteiger partial charge in [-0.3, -0.25) is 4.79 Å². The van der Waals surface area contributed by atoms with Crippen molar-refractivity contribution in [2.24, 2.45) is 0 Å². The first-order valence-electron chi connectivity index (χ1n) is 7.05. The standard InChI is InChI=1S/C17H16F3NO3/c1-17(2,3)24-14-6-9(4-5-13(14)22)16(23)21-10-7-11(18)15(20)12(19)8-10/h4-8,22H,1-3H3,(H,21,23). The van der Waals surface area contributed by atoms with E-state index in [4.69, 9.17) is 4.74 Å². The van der Waals surface area contributed by atoms with Crippen molar-refractivity contribution in [3.8, 4) is 11.5 Å². The monoisotopic (exact) mass is 339 g/mol. The van der Waals surface area contributed by atoms with Crippen molar-refractivity contribution in [2.75, 3.05) is 5.32 Å². The minimum Gasteiger partial charge on any atom is -0.504 e. The van der Waals surface area contributed by atoms with Gasteiger partial charge in [0.1, 0.15) is 5.60 Å². The van der Waals surface area contributed by atoms with E-state index in [1.54, 1.807) is 20.8 Å². The summed E-state index contributed by atoms with van der Waals surface area (Å²) in [6, 6.07) is 5.22. The summed E-state index contributed by atoms with van der Waals surface area (Å²) in [4.78, 5) is 12.2. The largest absolute Gasteiger partial charge is 0.504 e. The number of nitrogens with one attached hydrogen (secondary N) is 1. The number of hydrogen-bond donors (Lipinski definition) is 2. The van der Waals surface area contributed by atoms with Gasteiger partial charge in [0.05, 0.1) is 0 Å². The van der Waals surface area contributed by atoms with Crippen LogP contribution in [0, 0.1) is 17.5 Å². The number of amides is 1. The zero-order valence-electron chi connectivity index (χ0n) is 13.3. The average Bonchev–Trinajstić information content (AvgIpc) is 2.45. The Bertz CT molecular complexity index is 762. The van der Waals surface area contributed by atoms with E-state index in [0.29, 0.717) is 12.1 Å². The minimum atomic E-state index is -1.61. The highest BCUT2D eigenvalue weighted by molar-refractivity contribution is 6.04. The first-order chi connectivity index (χ1) is 11.1. The molecule has 0 spiro atoms. The molecule has 4 nitrogen and oxygen atoms in total. The smallest absolute Gasteiger partial charge is 0.255 e. The molecule has 0 unspecified atom stereocenters. The predicted octanol–water partition coefficient (Wildman–Crippen LogP) is 4.24. The van der Waals surface area contributed by atoms with Crippen molar-refractivity contribution < 1.29 is 27.8 Å². The van der Waals surface area contributed by atoms with E-state index in [1.807, 2.05) is 0 Å². The first kappa shape index (κ1) is 17.7. The van der Waals surface area contributed by atoms with E-state index in [9.17, 15) is 23.1 Å². The molecule has 0 aliphatic carbocycles. The highest BCUT2D eigenvalue weighted by Gasteiger charge is 2.18. The molecule has 0 atom stereocenters. The number of rotatable bonds is 3. The maximum absolute atomic E-state index is 13.2. The predicted molar refractivity (Wildman–Crippen MR) is 82.8 cm³/mol. The highest BCUT2D eigenvalue weighted by Crippen LogP contribution is 2.30. The van der Waals surface area contributed by atoms with Crippen LogP contribution in [0.25, 0.3) is 0 Å². The normalized spacial score (nSPS) is 11.2. The van der Waals surface area contributed by atoms with Crippen LogP contribution in [0.1, 0.15) is 31.1 Å². The molecule has 2 aromatic carbocycles. The van der Waals surface area contributed by atoms with Gasteiger partial charge >= 0.3 is 0 Å². The molecule has 0 bridgehead atoms. The number of carbonyl (C=O) groups excluding carboxylic acids is 1. The molecule has 2 rings (SSSR count). The summed E-state index contributed by atoms with van der Waals surface area (Å²) in [5.41, 5.74) is -0.740. The number of phenolic OH excluding ortho intramolecular Hbond substituents is 1. The summed E-state index contributed by atoms with van der Waals surface area (Å²) < 4.78 is 44.8. The number of halogens is 3. The van der Waals surface area contributed by atoms with Gasteiger partial charge in [-0.15, -0.1) is 0 Å². The van der Waals surface area contributed by atoms with Gasteiger partial charge in [0.2, 0.25) is 0 Å². The molecule has 7 heteroatoms. The Balaban J connectivity index is 2.26. The molecule has 0 aliphatic rings. The first-order valence-corrected chi connectivity index (χ1v) is 7.05. The Kier molecular flexibility index (Phi) is 4.73. The molecule has 2 N–H and O–H groups in total. The third-order valence-corrected chi connectivity index (χ3v) is 2.88. The lowest BCUT2D eigenvalue weighted by Crippen LogP contribution is -2.23. The van der Waals surface area contributed by atoms with E-state index in [-0.39, 0.29) is 22.7 Å². The Morgan fingerprint density at radius 2 is 1.67 bits per heavy atom. The van der Waals surface area contributed by atoms with Gasteiger partial charge in [0.15, 0.2) is 29.0 Å². The van der Waals surface area contributed by atoms with Crippen molar-refractivity contribution in [1.82, 2.24) is 0 Å². The topological polar surface area (TPSA) is 58.6 Å². The molecule has 0 fully saturated rings. The number of ether oxygens (including phenoxy) is 1. The third-order valence-electron chi connectivity index (χ3n) is 2.88. The van der Waals surface area contributed by atoms with Crippen LogP contribution in [0.15, 0.2) is 30.3 Å². The van der Waals surface area contributed by atoms with E-state index < -0.39 is 29.0 Å². The number of carbonyl (C=O) groups is 1. The summed E-state index contributed by atoms with van der Waals surface area (Å²) in [6.45, 7) is 5.30. The van der Waals surface area contributed by atoms with Gasteiger partial charge in [-0.1, -0.05) is 0 Å². The Morgan fingerprint density at radius 3 is 2.21 bits per heavy atom. The summed E-state index contributed by atoms with van der Waals surface area (Å²) >= 11 is 0.